The number of aromatic nitrogens is 14. The van der Waals surface area contributed by atoms with E-state index < -0.39 is 11.6 Å². The lowest BCUT2D eigenvalue weighted by Gasteiger charge is -2.12. The predicted molar refractivity (Wildman–Crippen MR) is 368 cm³/mol. The summed E-state index contributed by atoms with van der Waals surface area (Å²) in [5, 5.41) is 7.59. The highest BCUT2D eigenvalue weighted by Crippen LogP contribution is 2.46. The van der Waals surface area contributed by atoms with Crippen LogP contribution in [-0.4, -0.2) is 68.1 Å². The number of hydrogen-bond acceptors (Lipinski definition) is 12. The van der Waals surface area contributed by atoms with Crippen LogP contribution in [0.2, 0.25) is 0 Å². The first kappa shape index (κ1) is 53.2. The fraction of sp³-hybridized carbons (Fsp3) is 0. The molecule has 0 radical (unpaired) electrons. The van der Waals surface area contributed by atoms with Gasteiger partial charge in [-0.05, 0) is 121 Å². The monoisotopic (exact) mass is 1240 g/mol. The maximum atomic E-state index is 14.7. The molecular formula is C78H42F2N14O2. The van der Waals surface area contributed by atoms with Crippen molar-refractivity contribution in [2.24, 2.45) is 0 Å². The van der Waals surface area contributed by atoms with Gasteiger partial charge in [-0.3, -0.25) is 28.2 Å². The zero-order valence-electron chi connectivity index (χ0n) is 50.1. The van der Waals surface area contributed by atoms with Gasteiger partial charge in [-0.15, -0.1) is 0 Å². The van der Waals surface area contributed by atoms with Crippen molar-refractivity contribution >= 4 is 109 Å². The molecule has 0 saturated carbocycles. The quantitative estimate of drug-likeness (QED) is 0.134. The Hall–Kier alpha value is -13.5. The average Bonchev–Trinajstić information content (AvgIpc) is 1.49. The van der Waals surface area contributed by atoms with Gasteiger partial charge >= 0.3 is 12.0 Å². The van der Waals surface area contributed by atoms with E-state index in [1.54, 1.807) is 36.7 Å². The molecule has 20 rings (SSSR count). The molecule has 10 aromatic carbocycles. The number of pyridine rings is 2. The minimum Gasteiger partial charge on any atom is -0.423 e. The van der Waals surface area contributed by atoms with Crippen molar-refractivity contribution in [3.05, 3.63) is 267 Å². The molecule has 0 aliphatic carbocycles. The van der Waals surface area contributed by atoms with Crippen LogP contribution in [0.15, 0.2) is 264 Å². The van der Waals surface area contributed by atoms with Crippen molar-refractivity contribution in [3.8, 4) is 80.7 Å². The fourth-order valence-corrected chi connectivity index (χ4v) is 13.9. The van der Waals surface area contributed by atoms with Crippen LogP contribution in [0, 0.1) is 11.6 Å². The molecule has 10 heterocycles. The molecule has 0 fully saturated rings. The Bertz CT molecular complexity index is 6480. The third kappa shape index (κ3) is 8.05. The SMILES string of the molecule is Fc1ccc(-c2nc(-c3ccc(F)cc3)nc(-n3c4cccc(-c5ccc(-c6nc(-c7cccnc7)nc(-n7c8ccccc8c8ccc9c%10ccccc%10n(-c%10nc%11ccccc%11o%10)c9c87)n6)nc5)c4c4ccc5c6ccccc6n(-c6nc7ccccc7o6)c5c43)n2)cc1. The Balaban J connectivity index is 0.819. The summed E-state index contributed by atoms with van der Waals surface area (Å²) in [6.45, 7) is 0. The van der Waals surface area contributed by atoms with Gasteiger partial charge in [-0.25, -0.2) is 18.7 Å². The van der Waals surface area contributed by atoms with Gasteiger partial charge < -0.3 is 8.83 Å². The third-order valence-corrected chi connectivity index (χ3v) is 18.1. The highest BCUT2D eigenvalue weighted by atomic mass is 19.1. The van der Waals surface area contributed by atoms with E-state index in [0.717, 1.165) is 104 Å². The van der Waals surface area contributed by atoms with Crippen molar-refractivity contribution in [2.45, 2.75) is 0 Å². The summed E-state index contributed by atoms with van der Waals surface area (Å²) >= 11 is 0. The summed E-state index contributed by atoms with van der Waals surface area (Å²) in [5.41, 5.74) is 13.3. The lowest BCUT2D eigenvalue weighted by atomic mass is 10.00. The summed E-state index contributed by atoms with van der Waals surface area (Å²) in [4.78, 5) is 51.3. The maximum Gasteiger partial charge on any atom is 0.307 e. The number of benzene rings is 10. The van der Waals surface area contributed by atoms with Crippen LogP contribution < -0.4 is 0 Å². The molecule has 0 aliphatic heterocycles. The third-order valence-electron chi connectivity index (χ3n) is 18.1. The molecule has 0 aliphatic rings. The second kappa shape index (κ2) is 20.5. The second-order valence-electron chi connectivity index (χ2n) is 23.5. The molecule has 0 N–H and O–H groups in total. The molecule has 450 valence electrons. The predicted octanol–water partition coefficient (Wildman–Crippen LogP) is 18.1. The number of rotatable bonds is 9. The summed E-state index contributed by atoms with van der Waals surface area (Å²) < 4.78 is 50.9. The Morgan fingerprint density at radius 1 is 0.302 bits per heavy atom. The maximum absolute atomic E-state index is 14.7. The van der Waals surface area contributed by atoms with Crippen molar-refractivity contribution in [3.63, 3.8) is 0 Å². The Morgan fingerprint density at radius 2 is 0.750 bits per heavy atom. The van der Waals surface area contributed by atoms with Gasteiger partial charge in [-0.2, -0.15) is 29.9 Å². The standard InChI is InChI=1S/C78H42F2N14O2/c79-47-31-26-43(27-32-47)71-85-72(44-28-33-48(80)34-29-44)88-75(87-71)92-63-23-11-17-49(66(63)56-38-37-55-52-16-3-8-22-62(52)94(69(55)70(56)92)78-84-58-19-5-10-25-65(58)96-78)45-30-39-59(82-42-45)74-86-73(46-13-12-40-81-41-46)89-76(90-74)91-60-20-6-1-14-50(60)53-35-36-54-51-15-2-7-21-61(51)93(68(54)67(53)91)77-83-57-18-4-9-24-64(57)95-77/h1-42H. The Morgan fingerprint density at radius 3 is 1.28 bits per heavy atom. The normalized spacial score (nSPS) is 12.1. The van der Waals surface area contributed by atoms with E-state index in [9.17, 15) is 8.78 Å². The molecule has 0 spiro atoms. The summed E-state index contributed by atoms with van der Waals surface area (Å²) in [6.07, 6.45) is 5.32. The number of hydrogen-bond donors (Lipinski definition) is 0. The first-order valence-electron chi connectivity index (χ1n) is 31.0. The molecular weight excluding hydrogens is 1200 g/mol. The summed E-state index contributed by atoms with van der Waals surface area (Å²) in [6, 6.07) is 75.5. The number of oxazole rings is 2. The van der Waals surface area contributed by atoms with Crippen LogP contribution in [0.5, 0.6) is 0 Å². The summed E-state index contributed by atoms with van der Waals surface area (Å²) in [7, 11) is 0. The summed E-state index contributed by atoms with van der Waals surface area (Å²) in [5.74, 6) is 1.07. The number of halogens is 2. The van der Waals surface area contributed by atoms with Gasteiger partial charge in [0.15, 0.2) is 34.5 Å². The molecule has 10 aromatic heterocycles. The first-order chi connectivity index (χ1) is 47.4. The first-order valence-corrected chi connectivity index (χ1v) is 31.0. The van der Waals surface area contributed by atoms with Crippen molar-refractivity contribution in [2.75, 3.05) is 0 Å². The smallest absolute Gasteiger partial charge is 0.307 e. The van der Waals surface area contributed by atoms with Crippen LogP contribution >= 0.6 is 0 Å². The second-order valence-corrected chi connectivity index (χ2v) is 23.5. The molecule has 0 bridgehead atoms. The van der Waals surface area contributed by atoms with Crippen LogP contribution in [0.3, 0.4) is 0 Å². The van der Waals surface area contributed by atoms with E-state index in [2.05, 4.69) is 85.4 Å². The average molecular weight is 1250 g/mol. The number of para-hydroxylation sites is 7. The number of fused-ring (bicyclic) bond motifs is 16. The van der Waals surface area contributed by atoms with Crippen molar-refractivity contribution < 1.29 is 17.6 Å². The Labute approximate surface area is 540 Å². The minimum atomic E-state index is -0.411. The van der Waals surface area contributed by atoms with Crippen LogP contribution in [0.4, 0.5) is 8.78 Å². The molecule has 18 heteroatoms. The van der Waals surface area contributed by atoms with Gasteiger partial charge in [0.2, 0.25) is 11.9 Å². The van der Waals surface area contributed by atoms with E-state index in [-0.39, 0.29) is 17.6 Å². The molecule has 0 unspecified atom stereocenters. The van der Waals surface area contributed by atoms with Gasteiger partial charge in [0.05, 0.1) is 44.1 Å². The largest absolute Gasteiger partial charge is 0.423 e. The molecule has 16 nitrogen and oxygen atoms in total. The van der Waals surface area contributed by atoms with Crippen molar-refractivity contribution in [1.82, 2.24) is 68.1 Å². The zero-order chi connectivity index (χ0) is 63.3. The van der Waals surface area contributed by atoms with E-state index in [1.165, 1.54) is 24.3 Å². The molecule has 0 amide bonds. The number of nitrogens with zero attached hydrogens (tertiary/aromatic N) is 14. The van der Waals surface area contributed by atoms with Crippen LogP contribution in [0.1, 0.15) is 0 Å². The van der Waals surface area contributed by atoms with Crippen LogP contribution in [-0.2, 0) is 0 Å². The van der Waals surface area contributed by atoms with Gasteiger partial charge in [0, 0.05) is 83.9 Å². The lowest BCUT2D eigenvalue weighted by Crippen LogP contribution is -2.08. The van der Waals surface area contributed by atoms with Gasteiger partial charge in [0.25, 0.3) is 0 Å². The highest BCUT2D eigenvalue weighted by molar-refractivity contribution is 6.26. The van der Waals surface area contributed by atoms with Gasteiger partial charge in [-0.1, -0.05) is 121 Å². The van der Waals surface area contributed by atoms with Gasteiger partial charge in [0.1, 0.15) is 28.4 Å². The van der Waals surface area contributed by atoms with E-state index in [1.807, 2.05) is 132 Å². The molecule has 20 aromatic rings. The van der Waals surface area contributed by atoms with E-state index in [4.69, 9.17) is 53.7 Å². The lowest BCUT2D eigenvalue weighted by molar-refractivity contribution is 0.574. The minimum absolute atomic E-state index is 0.253. The molecule has 0 atom stereocenters. The zero-order valence-corrected chi connectivity index (χ0v) is 50.1. The Kier molecular flexibility index (Phi) is 11.4. The van der Waals surface area contributed by atoms with E-state index >= 15 is 0 Å². The van der Waals surface area contributed by atoms with E-state index in [0.29, 0.717) is 68.7 Å². The fourth-order valence-electron chi connectivity index (χ4n) is 13.9. The molecule has 96 heavy (non-hydrogen) atoms. The van der Waals surface area contributed by atoms with Crippen LogP contribution in [0.25, 0.3) is 190 Å². The molecule has 0 saturated heterocycles. The topological polar surface area (TPSA) is 175 Å². The van der Waals surface area contributed by atoms with Crippen molar-refractivity contribution in [1.29, 1.82) is 0 Å². The highest BCUT2D eigenvalue weighted by Gasteiger charge is 2.29.